The van der Waals surface area contributed by atoms with Gasteiger partial charge in [0.05, 0.1) is 34.1 Å². The Balaban J connectivity index is 1.44. The maximum Gasteiger partial charge on any atom is 0.0607 e. The Kier molecular flexibility index (Phi) is 5.09. The second kappa shape index (κ2) is 8.72. The van der Waals surface area contributed by atoms with Crippen LogP contribution in [0.4, 0.5) is 34.1 Å². The van der Waals surface area contributed by atoms with Crippen LogP contribution in [0, 0.1) is 0 Å². The molecule has 5 heterocycles. The van der Waals surface area contributed by atoms with Gasteiger partial charge in [0, 0.05) is 39.1 Å². The maximum atomic E-state index is 6.91. The number of aryl methyl sites for hydroxylation is 1. The molecule has 2 N–H and O–H groups in total. The first-order valence-electron chi connectivity index (χ1n) is 16.8. The van der Waals surface area contributed by atoms with E-state index >= 15 is 0 Å². The number of hydrogen-bond acceptors (Lipinski definition) is 3. The predicted molar refractivity (Wildman–Crippen MR) is 196 cm³/mol. The van der Waals surface area contributed by atoms with Gasteiger partial charge in [-0.15, -0.1) is 0 Å². The van der Waals surface area contributed by atoms with Crippen LogP contribution in [0.2, 0.25) is 0 Å². The molecule has 0 amide bonds. The summed E-state index contributed by atoms with van der Waals surface area (Å²) in [5.41, 5.74) is 25.5. The van der Waals surface area contributed by atoms with E-state index in [9.17, 15) is 0 Å². The molecule has 10 rings (SSSR count). The Morgan fingerprint density at radius 3 is 1.96 bits per heavy atom. The molecule has 0 aliphatic carbocycles. The number of para-hydroxylation sites is 3. The van der Waals surface area contributed by atoms with E-state index in [2.05, 4.69) is 135 Å². The lowest BCUT2D eigenvalue weighted by atomic mass is 9.68. The SMILES string of the molecule is CCCc1ccc2c3c1N1c4ccccc4C(C)(C)c4cc5c6c(c41)P3C(=C(c1ccccc1N)N6c1ccccc1C5(C)C)C2. The lowest BCUT2D eigenvalue weighted by Gasteiger charge is -2.54. The average molecular weight is 616 g/mol. The van der Waals surface area contributed by atoms with Crippen LogP contribution in [-0.4, -0.2) is 0 Å². The van der Waals surface area contributed by atoms with Gasteiger partial charge in [0.15, 0.2) is 0 Å². The van der Waals surface area contributed by atoms with Crippen molar-refractivity contribution >= 4 is 58.4 Å². The van der Waals surface area contributed by atoms with E-state index in [1.165, 1.54) is 67.5 Å². The van der Waals surface area contributed by atoms with Gasteiger partial charge in [-0.05, 0) is 77.3 Å². The third-order valence-electron chi connectivity index (χ3n) is 11.5. The molecular weight excluding hydrogens is 577 g/mol. The lowest BCUT2D eigenvalue weighted by Crippen LogP contribution is -2.45. The van der Waals surface area contributed by atoms with Crippen molar-refractivity contribution in [3.05, 3.63) is 135 Å². The minimum Gasteiger partial charge on any atom is -0.398 e. The first-order chi connectivity index (χ1) is 22.2. The van der Waals surface area contributed by atoms with Crippen molar-refractivity contribution in [1.29, 1.82) is 0 Å². The minimum absolute atomic E-state index is 0.144. The average Bonchev–Trinajstić information content (AvgIpc) is 3.44. The highest BCUT2D eigenvalue weighted by atomic mass is 31.1. The van der Waals surface area contributed by atoms with Gasteiger partial charge in [-0.2, -0.15) is 0 Å². The molecule has 1 unspecified atom stereocenters. The molecule has 0 fully saturated rings. The Morgan fingerprint density at radius 2 is 1.28 bits per heavy atom. The van der Waals surface area contributed by atoms with Crippen molar-refractivity contribution in [2.75, 3.05) is 15.5 Å². The molecule has 0 radical (unpaired) electrons. The van der Waals surface area contributed by atoms with Crippen molar-refractivity contribution in [2.45, 2.75) is 64.7 Å². The molecule has 0 aromatic heterocycles. The van der Waals surface area contributed by atoms with Crippen LogP contribution in [-0.2, 0) is 23.7 Å². The van der Waals surface area contributed by atoms with E-state index in [1.54, 1.807) is 15.9 Å². The summed E-state index contributed by atoms with van der Waals surface area (Å²) < 4.78 is 0. The number of allylic oxidation sites excluding steroid dienone is 1. The molecule has 3 nitrogen and oxygen atoms in total. The van der Waals surface area contributed by atoms with E-state index in [0.29, 0.717) is 0 Å². The van der Waals surface area contributed by atoms with E-state index in [1.807, 2.05) is 0 Å². The molecule has 0 saturated heterocycles. The molecule has 0 saturated carbocycles. The van der Waals surface area contributed by atoms with Crippen molar-refractivity contribution in [3.8, 4) is 0 Å². The Bertz CT molecular complexity index is 2240. The van der Waals surface area contributed by atoms with Crippen LogP contribution in [0.5, 0.6) is 0 Å². The quantitative estimate of drug-likeness (QED) is 0.162. The molecule has 46 heavy (non-hydrogen) atoms. The third-order valence-corrected chi connectivity index (χ3v) is 14.3. The minimum atomic E-state index is -0.756. The second-order valence-corrected chi connectivity index (χ2v) is 16.8. The van der Waals surface area contributed by atoms with Crippen molar-refractivity contribution in [3.63, 3.8) is 0 Å². The van der Waals surface area contributed by atoms with Gasteiger partial charge in [-0.3, -0.25) is 0 Å². The molecule has 5 aliphatic heterocycles. The first-order valence-corrected chi connectivity index (χ1v) is 18.1. The highest BCUT2D eigenvalue weighted by molar-refractivity contribution is 7.79. The van der Waals surface area contributed by atoms with E-state index < -0.39 is 7.92 Å². The number of hydrogen-bond donors (Lipinski definition) is 1. The van der Waals surface area contributed by atoms with E-state index in [4.69, 9.17) is 5.73 Å². The maximum absolute atomic E-state index is 6.91. The number of anilines is 6. The Hall–Kier alpha value is -4.33. The third kappa shape index (κ3) is 3.00. The first kappa shape index (κ1) is 26.8. The summed E-state index contributed by atoms with van der Waals surface area (Å²) in [6.45, 7) is 12.1. The zero-order chi connectivity index (χ0) is 31.3. The summed E-state index contributed by atoms with van der Waals surface area (Å²) in [5.74, 6) is 0. The lowest BCUT2D eigenvalue weighted by molar-refractivity contribution is 0.609. The van der Waals surface area contributed by atoms with Gasteiger partial charge >= 0.3 is 0 Å². The zero-order valence-electron chi connectivity index (χ0n) is 27.2. The summed E-state index contributed by atoms with van der Waals surface area (Å²) in [5, 5.41) is 4.69. The number of rotatable bonds is 3. The van der Waals surface area contributed by atoms with Crippen LogP contribution in [0.3, 0.4) is 0 Å². The molecule has 4 heteroatoms. The molecule has 0 bridgehead atoms. The monoisotopic (exact) mass is 615 g/mol. The Labute approximate surface area is 273 Å². The molecule has 1 atom stereocenters. The van der Waals surface area contributed by atoms with Crippen LogP contribution in [0.1, 0.15) is 80.0 Å². The second-order valence-electron chi connectivity index (χ2n) is 14.7. The molecule has 226 valence electrons. The fraction of sp³-hybridized carbons (Fsp3) is 0.238. The molecular formula is C42H38N3P. The molecule has 5 aromatic rings. The topological polar surface area (TPSA) is 32.5 Å². The number of nitrogens with zero attached hydrogens (tertiary/aromatic N) is 2. The summed E-state index contributed by atoms with van der Waals surface area (Å²) in [4.78, 5) is 5.35. The number of fused-ring (bicyclic) bond motifs is 5. The standard InChI is InChI=1S/C42H38N3P/c1-6-13-24-20-21-25-22-34-36(26-14-7-10-17-31(26)43)45-33-19-12-9-16-28(33)42(4,5)30-23-29-37-40(38(30)45)46(34)39(25)35(24)44(37)32-18-11-8-15-27(32)41(29,2)3/h7-12,14-21,23H,6,13,22,43H2,1-5H3. The van der Waals surface area contributed by atoms with Crippen LogP contribution >= 0.6 is 7.92 Å². The van der Waals surface area contributed by atoms with Gasteiger partial charge < -0.3 is 15.5 Å². The summed E-state index contributed by atoms with van der Waals surface area (Å²) in [6.07, 6.45) is 3.17. The van der Waals surface area contributed by atoms with Gasteiger partial charge in [-0.1, -0.05) is 108 Å². The normalized spacial score (nSPS) is 19.5. The summed E-state index contributed by atoms with van der Waals surface area (Å²) in [7, 11) is -0.756. The predicted octanol–water partition coefficient (Wildman–Crippen LogP) is 9.79. The van der Waals surface area contributed by atoms with Crippen LogP contribution in [0.15, 0.2) is 96.3 Å². The largest absolute Gasteiger partial charge is 0.398 e. The van der Waals surface area contributed by atoms with Gasteiger partial charge in [0.25, 0.3) is 0 Å². The van der Waals surface area contributed by atoms with Gasteiger partial charge in [0.1, 0.15) is 0 Å². The molecule has 5 aromatic carbocycles. The number of nitrogen functional groups attached to an aromatic ring is 1. The molecule has 5 aliphatic rings. The van der Waals surface area contributed by atoms with E-state index in [-0.39, 0.29) is 10.8 Å². The molecule has 0 spiro atoms. The van der Waals surface area contributed by atoms with Crippen LogP contribution in [0.25, 0.3) is 5.70 Å². The Morgan fingerprint density at radius 1 is 0.674 bits per heavy atom. The highest BCUT2D eigenvalue weighted by Gasteiger charge is 2.54. The summed E-state index contributed by atoms with van der Waals surface area (Å²) >= 11 is 0. The van der Waals surface area contributed by atoms with E-state index in [0.717, 1.165) is 30.5 Å². The fourth-order valence-electron chi connectivity index (χ4n) is 9.38. The van der Waals surface area contributed by atoms with Gasteiger partial charge in [-0.25, -0.2) is 0 Å². The number of benzene rings is 5. The zero-order valence-corrected chi connectivity index (χ0v) is 28.1. The van der Waals surface area contributed by atoms with Crippen LogP contribution < -0.4 is 26.1 Å². The van der Waals surface area contributed by atoms with Crippen molar-refractivity contribution in [1.82, 2.24) is 0 Å². The smallest absolute Gasteiger partial charge is 0.0607 e. The van der Waals surface area contributed by atoms with Gasteiger partial charge in [0.2, 0.25) is 0 Å². The summed E-state index contributed by atoms with van der Waals surface area (Å²) in [6, 6.07) is 34.4. The van der Waals surface area contributed by atoms with Crippen molar-refractivity contribution in [2.24, 2.45) is 0 Å². The fourth-order valence-corrected chi connectivity index (χ4v) is 12.7. The van der Waals surface area contributed by atoms with Crippen molar-refractivity contribution < 1.29 is 0 Å². The highest BCUT2D eigenvalue weighted by Crippen LogP contribution is 2.71. The number of nitrogens with two attached hydrogens (primary N) is 1.